The Morgan fingerprint density at radius 2 is 1.93 bits per heavy atom. The van der Waals surface area contributed by atoms with Crippen LogP contribution in [0.3, 0.4) is 0 Å². The maximum Gasteiger partial charge on any atom is 0.333 e. The largest absolute Gasteiger partial charge is 0.399 e. The Kier molecular flexibility index (Phi) is 4.78. The van der Waals surface area contributed by atoms with Gasteiger partial charge in [0.1, 0.15) is 0 Å². The third kappa shape index (κ3) is 3.52. The predicted octanol–water partition coefficient (Wildman–Crippen LogP) is 0.251. The minimum absolute atomic E-state index is 0.00998. The molecule has 1 aromatic carbocycles. The highest BCUT2D eigenvalue weighted by Gasteiger charge is 2.33. The standard InChI is InChI=1S/C20H21N5O4S/c1-23-16-17(22-19(23)30(28,29)12-14-8-9-14)25(20(27)24(2)18(16)26)10-4-6-13-5-3-7-15(21)11-13/h3,5,7,11,14H,8-10,12,21H2,1-2H3. The monoisotopic (exact) mass is 427 g/mol. The Labute approximate surface area is 172 Å². The number of hydrogen-bond acceptors (Lipinski definition) is 6. The maximum absolute atomic E-state index is 12.8. The van der Waals surface area contributed by atoms with Crippen LogP contribution in [0.2, 0.25) is 0 Å². The third-order valence-electron chi connectivity index (χ3n) is 5.10. The number of sulfone groups is 1. The van der Waals surface area contributed by atoms with E-state index in [-0.39, 0.29) is 34.5 Å². The molecule has 3 aromatic rings. The summed E-state index contributed by atoms with van der Waals surface area (Å²) in [6.07, 6.45) is 1.74. The van der Waals surface area contributed by atoms with Gasteiger partial charge >= 0.3 is 5.69 Å². The lowest BCUT2D eigenvalue weighted by molar-refractivity contribution is 0.576. The molecule has 156 valence electrons. The molecule has 0 aliphatic heterocycles. The molecule has 0 amide bonds. The minimum atomic E-state index is -3.68. The number of rotatable bonds is 4. The average molecular weight is 427 g/mol. The highest BCUT2D eigenvalue weighted by molar-refractivity contribution is 7.91. The number of anilines is 1. The van der Waals surface area contributed by atoms with E-state index in [0.717, 1.165) is 17.4 Å². The summed E-state index contributed by atoms with van der Waals surface area (Å²) in [5.41, 5.74) is 5.85. The van der Waals surface area contributed by atoms with Crippen molar-refractivity contribution < 1.29 is 8.42 Å². The smallest absolute Gasteiger partial charge is 0.333 e. The minimum Gasteiger partial charge on any atom is -0.399 e. The molecule has 0 spiro atoms. The molecule has 1 fully saturated rings. The number of hydrogen-bond donors (Lipinski definition) is 1. The molecule has 1 saturated carbocycles. The van der Waals surface area contributed by atoms with Crippen LogP contribution in [0.15, 0.2) is 39.0 Å². The Bertz CT molecular complexity index is 1450. The molecule has 0 bridgehead atoms. The van der Waals surface area contributed by atoms with E-state index in [1.165, 1.54) is 23.2 Å². The van der Waals surface area contributed by atoms with Crippen LogP contribution < -0.4 is 17.0 Å². The second-order valence-corrected chi connectivity index (χ2v) is 9.44. The van der Waals surface area contributed by atoms with E-state index in [0.29, 0.717) is 11.3 Å². The van der Waals surface area contributed by atoms with Crippen molar-refractivity contribution in [1.29, 1.82) is 0 Å². The highest BCUT2D eigenvalue weighted by atomic mass is 32.2. The lowest BCUT2D eigenvalue weighted by Crippen LogP contribution is -2.38. The first-order chi connectivity index (χ1) is 14.2. The maximum atomic E-state index is 12.8. The van der Waals surface area contributed by atoms with Crippen LogP contribution in [0.4, 0.5) is 5.69 Å². The molecule has 0 unspecified atom stereocenters. The van der Waals surface area contributed by atoms with E-state index in [1.807, 2.05) is 0 Å². The van der Waals surface area contributed by atoms with E-state index < -0.39 is 21.1 Å². The molecule has 2 heterocycles. The SMILES string of the molecule is Cn1c(=O)c2c(nc(S(=O)(=O)CC3CC3)n2C)n(CC#Cc2cccc(N)c2)c1=O. The summed E-state index contributed by atoms with van der Waals surface area (Å²) in [7, 11) is -0.858. The second kappa shape index (κ2) is 7.18. The van der Waals surface area contributed by atoms with Crippen molar-refractivity contribution in [1.82, 2.24) is 18.7 Å². The van der Waals surface area contributed by atoms with Gasteiger partial charge in [0.15, 0.2) is 11.2 Å². The summed E-state index contributed by atoms with van der Waals surface area (Å²) in [6.45, 7) is -0.0582. The van der Waals surface area contributed by atoms with Gasteiger partial charge in [-0.2, -0.15) is 4.98 Å². The van der Waals surface area contributed by atoms with Crippen molar-refractivity contribution in [3.05, 3.63) is 50.7 Å². The predicted molar refractivity (Wildman–Crippen MR) is 113 cm³/mol. The van der Waals surface area contributed by atoms with Gasteiger partial charge in [0.2, 0.25) is 15.0 Å². The summed E-state index contributed by atoms with van der Waals surface area (Å²) in [6, 6.07) is 7.00. The Morgan fingerprint density at radius 3 is 2.60 bits per heavy atom. The third-order valence-corrected chi connectivity index (χ3v) is 6.93. The zero-order valence-electron chi connectivity index (χ0n) is 16.6. The van der Waals surface area contributed by atoms with Gasteiger partial charge in [-0.15, -0.1) is 0 Å². The van der Waals surface area contributed by atoms with Crippen LogP contribution in [0, 0.1) is 17.8 Å². The van der Waals surface area contributed by atoms with Gasteiger partial charge in [-0.3, -0.25) is 13.9 Å². The molecule has 1 aliphatic rings. The van der Waals surface area contributed by atoms with E-state index in [1.54, 1.807) is 24.3 Å². The Morgan fingerprint density at radius 1 is 1.20 bits per heavy atom. The molecule has 0 atom stereocenters. The van der Waals surface area contributed by atoms with Crippen molar-refractivity contribution in [2.24, 2.45) is 20.0 Å². The Hall–Kier alpha value is -3.32. The first-order valence-corrected chi connectivity index (χ1v) is 11.1. The number of fused-ring (bicyclic) bond motifs is 1. The number of nitrogens with zero attached hydrogens (tertiary/aromatic N) is 4. The first kappa shape index (κ1) is 20.0. The fraction of sp³-hybridized carbons (Fsp3) is 0.350. The van der Waals surface area contributed by atoms with Crippen LogP contribution >= 0.6 is 0 Å². The average Bonchev–Trinajstić information content (AvgIpc) is 3.41. The fourth-order valence-electron chi connectivity index (χ4n) is 3.34. The molecule has 9 nitrogen and oxygen atoms in total. The quantitative estimate of drug-likeness (QED) is 0.471. The lowest BCUT2D eigenvalue weighted by Gasteiger charge is -2.06. The van der Waals surface area contributed by atoms with Crippen LogP contribution in [0.1, 0.15) is 18.4 Å². The summed E-state index contributed by atoms with van der Waals surface area (Å²) >= 11 is 0. The summed E-state index contributed by atoms with van der Waals surface area (Å²) in [5.74, 6) is 5.91. The van der Waals surface area contributed by atoms with E-state index in [2.05, 4.69) is 16.8 Å². The molecular formula is C20H21N5O4S. The zero-order valence-corrected chi connectivity index (χ0v) is 17.4. The van der Waals surface area contributed by atoms with Crippen LogP contribution in [0.25, 0.3) is 11.2 Å². The molecular weight excluding hydrogens is 406 g/mol. The fourth-order valence-corrected chi connectivity index (χ4v) is 5.17. The summed E-state index contributed by atoms with van der Waals surface area (Å²) in [4.78, 5) is 29.6. The van der Waals surface area contributed by atoms with Gasteiger partial charge in [-0.05, 0) is 37.0 Å². The van der Waals surface area contributed by atoms with Gasteiger partial charge in [-0.25, -0.2) is 13.2 Å². The molecule has 30 heavy (non-hydrogen) atoms. The van der Waals surface area contributed by atoms with Crippen LogP contribution in [-0.2, 0) is 30.5 Å². The molecule has 2 aromatic heterocycles. The van der Waals surface area contributed by atoms with E-state index in [9.17, 15) is 18.0 Å². The molecule has 1 aliphatic carbocycles. The molecule has 0 radical (unpaired) electrons. The van der Waals surface area contributed by atoms with Crippen molar-refractivity contribution in [3.63, 3.8) is 0 Å². The van der Waals surface area contributed by atoms with Crippen LogP contribution in [-0.4, -0.2) is 32.9 Å². The van der Waals surface area contributed by atoms with E-state index in [4.69, 9.17) is 5.73 Å². The summed E-state index contributed by atoms with van der Waals surface area (Å²) in [5, 5.41) is -0.204. The van der Waals surface area contributed by atoms with Crippen molar-refractivity contribution >= 4 is 26.7 Å². The number of benzene rings is 1. The topological polar surface area (TPSA) is 122 Å². The molecule has 4 rings (SSSR count). The van der Waals surface area contributed by atoms with Crippen molar-refractivity contribution in [2.45, 2.75) is 24.5 Å². The first-order valence-electron chi connectivity index (χ1n) is 9.42. The highest BCUT2D eigenvalue weighted by Crippen LogP contribution is 2.32. The van der Waals surface area contributed by atoms with Crippen molar-refractivity contribution in [3.8, 4) is 11.8 Å². The van der Waals surface area contributed by atoms with Gasteiger partial charge in [0.25, 0.3) is 5.56 Å². The van der Waals surface area contributed by atoms with Gasteiger partial charge in [0, 0.05) is 25.3 Å². The lowest BCUT2D eigenvalue weighted by atomic mass is 10.2. The normalized spacial score (nSPS) is 13.9. The molecule has 10 heteroatoms. The number of aromatic nitrogens is 4. The van der Waals surface area contributed by atoms with Gasteiger partial charge < -0.3 is 10.3 Å². The zero-order chi connectivity index (χ0) is 21.6. The molecule has 0 saturated heterocycles. The summed E-state index contributed by atoms with van der Waals surface area (Å²) < 4.78 is 29.0. The second-order valence-electron chi connectivity index (χ2n) is 7.51. The van der Waals surface area contributed by atoms with Gasteiger partial charge in [0.05, 0.1) is 12.3 Å². The Balaban J connectivity index is 1.84. The molecule has 2 N–H and O–H groups in total. The number of aryl methyl sites for hydroxylation is 1. The number of nitrogen functional groups attached to an aromatic ring is 1. The van der Waals surface area contributed by atoms with Crippen LogP contribution in [0.5, 0.6) is 0 Å². The van der Waals surface area contributed by atoms with Gasteiger partial charge in [-0.1, -0.05) is 17.9 Å². The number of nitrogens with two attached hydrogens (primary N) is 1. The number of imidazole rings is 1. The van der Waals surface area contributed by atoms with Crippen molar-refractivity contribution in [2.75, 3.05) is 11.5 Å². The van der Waals surface area contributed by atoms with E-state index >= 15 is 0 Å².